The van der Waals surface area contributed by atoms with Gasteiger partial charge in [0.05, 0.1) is 11.7 Å². The minimum Gasteiger partial charge on any atom is -0.393 e. The van der Waals surface area contributed by atoms with Crippen LogP contribution >= 0.6 is 0 Å². The van der Waals surface area contributed by atoms with E-state index in [2.05, 4.69) is 34.6 Å². The first-order valence-electron chi connectivity index (χ1n) is 12.6. The standard InChI is InChI=1S/C26H46O2/c1-6-7-8-15-28-26(5)14-11-21-23-20(10-13-25(21,26)4)24(3)12-9-18(2)16-19(24)17-22(23)27/h18-23,27H,6-17H2,1-5H3/t18-,19?,20?,21?,22?,23?,24-,25-,26?/m0/s1. The molecule has 0 spiro atoms. The molecule has 28 heavy (non-hydrogen) atoms. The van der Waals surface area contributed by atoms with Crippen molar-refractivity contribution in [2.24, 2.45) is 40.4 Å². The summed E-state index contributed by atoms with van der Waals surface area (Å²) in [7, 11) is 0. The number of hydrogen-bond acceptors (Lipinski definition) is 2. The minimum absolute atomic E-state index is 0.00886. The first-order chi connectivity index (χ1) is 13.2. The van der Waals surface area contributed by atoms with Gasteiger partial charge in [0.2, 0.25) is 0 Å². The van der Waals surface area contributed by atoms with E-state index in [-0.39, 0.29) is 17.1 Å². The molecule has 0 heterocycles. The molecule has 0 bridgehead atoms. The molecule has 2 nitrogen and oxygen atoms in total. The van der Waals surface area contributed by atoms with Crippen LogP contribution in [0.25, 0.3) is 0 Å². The fourth-order valence-electron chi connectivity index (χ4n) is 8.55. The smallest absolute Gasteiger partial charge is 0.0710 e. The van der Waals surface area contributed by atoms with Crippen LogP contribution in [-0.4, -0.2) is 23.4 Å². The van der Waals surface area contributed by atoms with Crippen LogP contribution in [0.4, 0.5) is 0 Å². The van der Waals surface area contributed by atoms with E-state index in [0.29, 0.717) is 17.3 Å². The molecule has 0 aromatic heterocycles. The highest BCUT2D eigenvalue weighted by atomic mass is 16.5. The average molecular weight is 391 g/mol. The Bertz CT molecular complexity index is 561. The number of ether oxygens (including phenoxy) is 1. The Hall–Kier alpha value is -0.0800. The van der Waals surface area contributed by atoms with Crippen molar-refractivity contribution in [3.05, 3.63) is 0 Å². The molecular weight excluding hydrogens is 344 g/mol. The third-order valence-corrected chi connectivity index (χ3v) is 10.6. The normalized spacial score (nSPS) is 53.4. The van der Waals surface area contributed by atoms with Gasteiger partial charge in [-0.15, -0.1) is 0 Å². The van der Waals surface area contributed by atoms with Crippen molar-refractivity contribution < 1.29 is 9.84 Å². The molecule has 0 aromatic carbocycles. The lowest BCUT2D eigenvalue weighted by molar-refractivity contribution is -0.195. The molecule has 4 aliphatic rings. The number of rotatable bonds is 5. The van der Waals surface area contributed by atoms with Gasteiger partial charge in [-0.25, -0.2) is 0 Å². The van der Waals surface area contributed by atoms with Crippen LogP contribution in [0.1, 0.15) is 105 Å². The molecule has 6 unspecified atom stereocenters. The molecule has 0 aromatic rings. The molecule has 2 heteroatoms. The predicted molar refractivity (Wildman–Crippen MR) is 116 cm³/mol. The molecule has 4 fully saturated rings. The van der Waals surface area contributed by atoms with Crippen molar-refractivity contribution >= 4 is 0 Å². The first kappa shape index (κ1) is 21.2. The number of fused-ring (bicyclic) bond motifs is 5. The van der Waals surface area contributed by atoms with Crippen molar-refractivity contribution in [2.45, 2.75) is 117 Å². The molecular formula is C26H46O2. The number of aliphatic hydroxyl groups is 1. The lowest BCUT2D eigenvalue weighted by atomic mass is 9.43. The summed E-state index contributed by atoms with van der Waals surface area (Å²) in [5.74, 6) is 3.48. The summed E-state index contributed by atoms with van der Waals surface area (Å²) in [5, 5.41) is 11.4. The summed E-state index contributed by atoms with van der Waals surface area (Å²) >= 11 is 0. The van der Waals surface area contributed by atoms with Crippen molar-refractivity contribution in [1.82, 2.24) is 0 Å². The van der Waals surface area contributed by atoms with Crippen molar-refractivity contribution in [3.63, 3.8) is 0 Å². The van der Waals surface area contributed by atoms with Crippen LogP contribution < -0.4 is 0 Å². The minimum atomic E-state index is -0.0829. The van der Waals surface area contributed by atoms with E-state index in [1.807, 2.05) is 0 Å². The van der Waals surface area contributed by atoms with E-state index in [4.69, 9.17) is 4.74 Å². The molecule has 0 radical (unpaired) electrons. The van der Waals surface area contributed by atoms with Crippen LogP contribution in [0.3, 0.4) is 0 Å². The van der Waals surface area contributed by atoms with Gasteiger partial charge in [0.15, 0.2) is 0 Å². The largest absolute Gasteiger partial charge is 0.393 e. The van der Waals surface area contributed by atoms with Crippen LogP contribution in [0, 0.1) is 40.4 Å². The van der Waals surface area contributed by atoms with Gasteiger partial charge in [-0.1, -0.05) is 47.0 Å². The monoisotopic (exact) mass is 390 g/mol. The van der Waals surface area contributed by atoms with E-state index in [9.17, 15) is 5.11 Å². The molecule has 162 valence electrons. The predicted octanol–water partition coefficient (Wildman–Crippen LogP) is 6.60. The third-order valence-electron chi connectivity index (χ3n) is 10.6. The van der Waals surface area contributed by atoms with Gasteiger partial charge < -0.3 is 9.84 Å². The van der Waals surface area contributed by atoms with E-state index < -0.39 is 0 Å². The quantitative estimate of drug-likeness (QED) is 0.536. The molecule has 0 saturated heterocycles. The third kappa shape index (κ3) is 3.11. The van der Waals surface area contributed by atoms with Crippen molar-refractivity contribution in [3.8, 4) is 0 Å². The van der Waals surface area contributed by atoms with Crippen LogP contribution in [0.15, 0.2) is 0 Å². The second kappa shape index (κ2) is 7.56. The summed E-state index contributed by atoms with van der Waals surface area (Å²) in [6.07, 6.45) is 13.9. The number of hydrogen-bond donors (Lipinski definition) is 1. The van der Waals surface area contributed by atoms with E-state index in [0.717, 1.165) is 30.8 Å². The van der Waals surface area contributed by atoms with Gasteiger partial charge in [-0.05, 0) is 98.7 Å². The fourth-order valence-corrected chi connectivity index (χ4v) is 8.55. The zero-order valence-electron chi connectivity index (χ0n) is 19.3. The Labute approximate surface area is 174 Å². The molecule has 1 N–H and O–H groups in total. The zero-order valence-corrected chi connectivity index (χ0v) is 19.3. The van der Waals surface area contributed by atoms with Crippen LogP contribution in [0.2, 0.25) is 0 Å². The summed E-state index contributed by atoms with van der Waals surface area (Å²) in [5.41, 5.74) is 0.722. The average Bonchev–Trinajstić information content (AvgIpc) is 2.92. The topological polar surface area (TPSA) is 29.5 Å². The zero-order chi connectivity index (χ0) is 20.2. The van der Waals surface area contributed by atoms with Gasteiger partial charge in [0.1, 0.15) is 0 Å². The molecule has 4 rings (SSSR count). The van der Waals surface area contributed by atoms with Gasteiger partial charge in [-0.2, -0.15) is 0 Å². The maximum Gasteiger partial charge on any atom is 0.0710 e. The van der Waals surface area contributed by atoms with Crippen molar-refractivity contribution in [2.75, 3.05) is 6.61 Å². The number of aliphatic hydroxyl groups excluding tert-OH is 1. The fraction of sp³-hybridized carbons (Fsp3) is 1.00. The summed E-state index contributed by atoms with van der Waals surface area (Å²) in [6, 6.07) is 0. The maximum atomic E-state index is 11.4. The van der Waals surface area contributed by atoms with Crippen LogP contribution in [0.5, 0.6) is 0 Å². The second-order valence-electron chi connectivity index (χ2n) is 12.0. The molecule has 0 aliphatic heterocycles. The van der Waals surface area contributed by atoms with Crippen LogP contribution in [-0.2, 0) is 4.74 Å². The Morgan fingerprint density at radius 2 is 1.68 bits per heavy atom. The molecule has 0 amide bonds. The molecule has 4 aliphatic carbocycles. The Morgan fingerprint density at radius 3 is 2.43 bits per heavy atom. The van der Waals surface area contributed by atoms with Gasteiger partial charge in [0, 0.05) is 6.61 Å². The van der Waals surface area contributed by atoms with Crippen molar-refractivity contribution in [1.29, 1.82) is 0 Å². The van der Waals surface area contributed by atoms with Gasteiger partial charge >= 0.3 is 0 Å². The lowest BCUT2D eigenvalue weighted by Crippen LogP contribution is -2.60. The SMILES string of the molecule is CCCCCOC1(C)CCC2C3C(O)CC4C[C@@H](C)CC[C@]4(C)C3CC[C@@]21C. The highest BCUT2D eigenvalue weighted by molar-refractivity contribution is 5.15. The number of unbranched alkanes of at least 4 members (excludes halogenated alkanes) is 2. The second-order valence-corrected chi connectivity index (χ2v) is 12.0. The highest BCUT2D eigenvalue weighted by Crippen LogP contribution is 2.69. The molecule has 9 atom stereocenters. The van der Waals surface area contributed by atoms with E-state index in [1.165, 1.54) is 64.2 Å². The summed E-state index contributed by atoms with van der Waals surface area (Å²) in [4.78, 5) is 0. The molecule has 4 saturated carbocycles. The maximum absolute atomic E-state index is 11.4. The highest BCUT2D eigenvalue weighted by Gasteiger charge is 2.65. The Morgan fingerprint density at radius 1 is 0.929 bits per heavy atom. The van der Waals surface area contributed by atoms with E-state index >= 15 is 0 Å². The van der Waals surface area contributed by atoms with Gasteiger partial charge in [0.25, 0.3) is 0 Å². The Kier molecular flexibility index (Phi) is 5.71. The van der Waals surface area contributed by atoms with Gasteiger partial charge in [-0.3, -0.25) is 0 Å². The summed E-state index contributed by atoms with van der Waals surface area (Å²) in [6.45, 7) is 13.1. The first-order valence-corrected chi connectivity index (χ1v) is 12.6. The lowest BCUT2D eigenvalue weighted by Gasteiger charge is -2.63. The van der Waals surface area contributed by atoms with E-state index in [1.54, 1.807) is 0 Å². The summed E-state index contributed by atoms with van der Waals surface area (Å²) < 4.78 is 6.64. The Balaban J connectivity index is 1.55.